The first-order valence-corrected chi connectivity index (χ1v) is 11.5. The summed E-state index contributed by atoms with van der Waals surface area (Å²) in [5.41, 5.74) is 1.92. The highest BCUT2D eigenvalue weighted by Crippen LogP contribution is 2.23. The monoisotopic (exact) mass is 447 g/mol. The standard InChI is InChI=1S/C20H22ClN5OS2/c1-14-2-4-15(5-3-14)22-19(27)20-24-23-18(29-20)13-26-10-8-25(9-11-26)12-16-6-7-17(21)28-16/h2-7H,8-13H2,1H3,(H,22,27). The summed E-state index contributed by atoms with van der Waals surface area (Å²) in [4.78, 5) is 18.5. The van der Waals surface area contributed by atoms with Crippen LogP contribution >= 0.6 is 34.3 Å². The Morgan fingerprint density at radius 3 is 2.34 bits per heavy atom. The van der Waals surface area contributed by atoms with Gasteiger partial charge in [-0.15, -0.1) is 21.5 Å². The number of benzene rings is 1. The van der Waals surface area contributed by atoms with Gasteiger partial charge >= 0.3 is 0 Å². The molecule has 1 aromatic carbocycles. The molecule has 0 unspecified atom stereocenters. The van der Waals surface area contributed by atoms with E-state index in [0.29, 0.717) is 5.01 Å². The number of rotatable bonds is 6. The van der Waals surface area contributed by atoms with Crippen LogP contribution in [-0.2, 0) is 13.1 Å². The molecule has 6 nitrogen and oxygen atoms in total. The van der Waals surface area contributed by atoms with E-state index in [-0.39, 0.29) is 5.91 Å². The lowest BCUT2D eigenvalue weighted by Crippen LogP contribution is -2.45. The molecule has 1 saturated heterocycles. The smallest absolute Gasteiger partial charge is 0.286 e. The average Bonchev–Trinajstić information content (AvgIpc) is 3.34. The van der Waals surface area contributed by atoms with Crippen LogP contribution in [0.2, 0.25) is 4.34 Å². The van der Waals surface area contributed by atoms with E-state index < -0.39 is 0 Å². The molecule has 4 rings (SSSR count). The van der Waals surface area contributed by atoms with Gasteiger partial charge in [0.15, 0.2) is 0 Å². The summed E-state index contributed by atoms with van der Waals surface area (Å²) in [6, 6.07) is 11.8. The first kappa shape index (κ1) is 20.4. The van der Waals surface area contributed by atoms with E-state index in [4.69, 9.17) is 11.6 Å². The molecule has 0 atom stereocenters. The van der Waals surface area contributed by atoms with Crippen LogP contribution in [0.4, 0.5) is 5.69 Å². The average molecular weight is 448 g/mol. The fraction of sp³-hybridized carbons (Fsp3) is 0.350. The van der Waals surface area contributed by atoms with Crippen molar-refractivity contribution in [2.24, 2.45) is 0 Å². The molecule has 1 aliphatic heterocycles. The highest BCUT2D eigenvalue weighted by Gasteiger charge is 2.20. The molecule has 29 heavy (non-hydrogen) atoms. The van der Waals surface area contributed by atoms with Crippen molar-refractivity contribution in [1.82, 2.24) is 20.0 Å². The summed E-state index contributed by atoms with van der Waals surface area (Å²) in [5, 5.41) is 12.4. The second-order valence-electron chi connectivity index (χ2n) is 7.08. The minimum atomic E-state index is -0.211. The Morgan fingerprint density at radius 2 is 1.69 bits per heavy atom. The largest absolute Gasteiger partial charge is 0.320 e. The molecular weight excluding hydrogens is 426 g/mol. The Hall–Kier alpha value is -1.84. The maximum atomic E-state index is 12.4. The van der Waals surface area contributed by atoms with Crippen molar-refractivity contribution in [3.05, 3.63) is 61.2 Å². The molecule has 9 heteroatoms. The summed E-state index contributed by atoms with van der Waals surface area (Å²) in [6.07, 6.45) is 0. The summed E-state index contributed by atoms with van der Waals surface area (Å²) in [7, 11) is 0. The summed E-state index contributed by atoms with van der Waals surface area (Å²) in [6.45, 7) is 7.67. The highest BCUT2D eigenvalue weighted by atomic mass is 35.5. The SMILES string of the molecule is Cc1ccc(NC(=O)c2nnc(CN3CCN(Cc4ccc(Cl)s4)CC3)s2)cc1. The quantitative estimate of drug-likeness (QED) is 0.615. The topological polar surface area (TPSA) is 61.4 Å². The van der Waals surface area contributed by atoms with Crippen LogP contribution < -0.4 is 5.32 Å². The first-order chi connectivity index (χ1) is 14.0. The van der Waals surface area contributed by atoms with Crippen LogP contribution in [0.15, 0.2) is 36.4 Å². The molecule has 1 fully saturated rings. The van der Waals surface area contributed by atoms with Gasteiger partial charge < -0.3 is 5.32 Å². The van der Waals surface area contributed by atoms with E-state index in [1.165, 1.54) is 16.2 Å². The van der Waals surface area contributed by atoms with E-state index in [9.17, 15) is 4.79 Å². The number of carbonyl (C=O) groups is 1. The van der Waals surface area contributed by atoms with Gasteiger partial charge in [-0.05, 0) is 31.2 Å². The molecule has 152 valence electrons. The van der Waals surface area contributed by atoms with E-state index in [1.807, 2.05) is 37.3 Å². The number of hydrogen-bond acceptors (Lipinski definition) is 7. The molecule has 1 N–H and O–H groups in total. The summed E-state index contributed by atoms with van der Waals surface area (Å²) >= 11 is 9.03. The van der Waals surface area contributed by atoms with Crippen molar-refractivity contribution in [2.75, 3.05) is 31.5 Å². The van der Waals surface area contributed by atoms with Crippen LogP contribution in [0.1, 0.15) is 25.3 Å². The maximum absolute atomic E-state index is 12.4. The number of thiophene rings is 1. The molecule has 3 aromatic rings. The Morgan fingerprint density at radius 1 is 1.00 bits per heavy atom. The van der Waals surface area contributed by atoms with Crippen molar-refractivity contribution in [3.63, 3.8) is 0 Å². The minimum absolute atomic E-state index is 0.211. The fourth-order valence-corrected chi connectivity index (χ4v) is 5.09. The summed E-state index contributed by atoms with van der Waals surface area (Å²) in [5.74, 6) is -0.211. The zero-order valence-corrected chi connectivity index (χ0v) is 18.5. The van der Waals surface area contributed by atoms with Crippen molar-refractivity contribution in [3.8, 4) is 0 Å². The summed E-state index contributed by atoms with van der Waals surface area (Å²) < 4.78 is 0.845. The molecule has 3 heterocycles. The second kappa shape index (κ2) is 9.32. The van der Waals surface area contributed by atoms with Gasteiger partial charge in [0.2, 0.25) is 5.01 Å². The predicted octanol–water partition coefficient (Wildman–Crippen LogP) is 4.13. The third-order valence-corrected chi connectivity index (χ3v) is 6.93. The Labute approximate surface area is 183 Å². The number of aryl methyl sites for hydroxylation is 1. The fourth-order valence-electron chi connectivity index (χ4n) is 3.18. The van der Waals surface area contributed by atoms with Gasteiger partial charge in [-0.3, -0.25) is 14.6 Å². The number of hydrogen-bond donors (Lipinski definition) is 1. The first-order valence-electron chi connectivity index (χ1n) is 9.44. The Bertz CT molecular complexity index is 963. The van der Waals surface area contributed by atoms with Gasteiger partial charge in [-0.1, -0.05) is 40.6 Å². The lowest BCUT2D eigenvalue weighted by atomic mass is 10.2. The van der Waals surface area contributed by atoms with E-state index in [2.05, 4.69) is 31.4 Å². The zero-order valence-electron chi connectivity index (χ0n) is 16.1. The Kier molecular flexibility index (Phi) is 6.56. The normalized spacial score (nSPS) is 15.5. The van der Waals surface area contributed by atoms with Crippen LogP contribution in [0, 0.1) is 6.92 Å². The van der Waals surface area contributed by atoms with Gasteiger partial charge in [-0.25, -0.2) is 0 Å². The number of halogens is 1. The Balaban J connectivity index is 1.26. The number of carbonyl (C=O) groups excluding carboxylic acids is 1. The predicted molar refractivity (Wildman–Crippen MR) is 119 cm³/mol. The van der Waals surface area contributed by atoms with Crippen molar-refractivity contribution in [2.45, 2.75) is 20.0 Å². The molecule has 0 saturated carbocycles. The van der Waals surface area contributed by atoms with Crippen molar-refractivity contribution >= 4 is 45.9 Å². The van der Waals surface area contributed by atoms with Crippen molar-refractivity contribution in [1.29, 1.82) is 0 Å². The van der Waals surface area contributed by atoms with Crippen LogP contribution in [0.3, 0.4) is 0 Å². The maximum Gasteiger partial charge on any atom is 0.286 e. The molecule has 2 aromatic heterocycles. The molecule has 0 aliphatic carbocycles. The van der Waals surface area contributed by atoms with Gasteiger partial charge in [0.05, 0.1) is 10.9 Å². The zero-order chi connectivity index (χ0) is 20.2. The second-order valence-corrected chi connectivity index (χ2v) is 9.94. The molecule has 0 bridgehead atoms. The number of nitrogens with one attached hydrogen (secondary N) is 1. The van der Waals surface area contributed by atoms with E-state index in [0.717, 1.165) is 59.9 Å². The van der Waals surface area contributed by atoms with Gasteiger partial charge in [0, 0.05) is 43.3 Å². The van der Waals surface area contributed by atoms with E-state index >= 15 is 0 Å². The molecule has 0 radical (unpaired) electrons. The van der Waals surface area contributed by atoms with Crippen LogP contribution in [-0.4, -0.2) is 52.1 Å². The molecule has 0 spiro atoms. The minimum Gasteiger partial charge on any atom is -0.320 e. The number of anilines is 1. The van der Waals surface area contributed by atoms with Gasteiger partial charge in [0.25, 0.3) is 5.91 Å². The lowest BCUT2D eigenvalue weighted by Gasteiger charge is -2.33. The molecular formula is C20H22ClN5OS2. The van der Waals surface area contributed by atoms with Crippen molar-refractivity contribution < 1.29 is 4.79 Å². The lowest BCUT2D eigenvalue weighted by molar-refractivity contribution is 0.102. The number of piperazine rings is 1. The van der Waals surface area contributed by atoms with Gasteiger partial charge in [0.1, 0.15) is 5.01 Å². The third-order valence-electron chi connectivity index (χ3n) is 4.80. The number of amides is 1. The third kappa shape index (κ3) is 5.61. The number of aromatic nitrogens is 2. The highest BCUT2D eigenvalue weighted by molar-refractivity contribution is 7.16. The van der Waals surface area contributed by atoms with Gasteiger partial charge in [-0.2, -0.15) is 0 Å². The molecule has 1 amide bonds. The molecule has 1 aliphatic rings. The van der Waals surface area contributed by atoms with Crippen LogP contribution in [0.5, 0.6) is 0 Å². The van der Waals surface area contributed by atoms with E-state index in [1.54, 1.807) is 11.3 Å². The number of nitrogens with zero attached hydrogens (tertiary/aromatic N) is 4. The van der Waals surface area contributed by atoms with Crippen LogP contribution in [0.25, 0.3) is 0 Å².